The van der Waals surface area contributed by atoms with Crippen molar-refractivity contribution in [2.24, 2.45) is 23.0 Å². The van der Waals surface area contributed by atoms with Gasteiger partial charge >= 0.3 is 5.97 Å². The fourth-order valence-corrected chi connectivity index (χ4v) is 2.82. The van der Waals surface area contributed by atoms with Gasteiger partial charge < -0.3 is 10.8 Å². The Labute approximate surface area is 65.6 Å². The summed E-state index contributed by atoms with van der Waals surface area (Å²) in [5.74, 6) is -0.341. The van der Waals surface area contributed by atoms with Gasteiger partial charge in [-0.15, -0.1) is 0 Å². The summed E-state index contributed by atoms with van der Waals surface area (Å²) in [6, 6.07) is 0. The molecule has 0 unspecified atom stereocenters. The molecule has 0 aromatic rings. The van der Waals surface area contributed by atoms with Gasteiger partial charge in [-0.2, -0.15) is 0 Å². The third kappa shape index (κ3) is 0.692. The van der Waals surface area contributed by atoms with Gasteiger partial charge in [-0.1, -0.05) is 6.42 Å². The smallest absolute Gasteiger partial charge is 0.307 e. The molecule has 2 aliphatic rings. The quantitative estimate of drug-likeness (QED) is 0.608. The summed E-state index contributed by atoms with van der Waals surface area (Å²) in [4.78, 5) is 10.7. The monoisotopic (exact) mass is 155 g/mol. The molecule has 0 radical (unpaired) electrons. The first-order valence-corrected chi connectivity index (χ1v) is 4.15. The average Bonchev–Trinajstić information content (AvgIpc) is 2.44. The van der Waals surface area contributed by atoms with Crippen LogP contribution in [0.1, 0.15) is 19.3 Å². The van der Waals surface area contributed by atoms with Crippen molar-refractivity contribution in [2.45, 2.75) is 19.3 Å². The highest BCUT2D eigenvalue weighted by atomic mass is 16.4. The number of fused-ring (bicyclic) bond motifs is 1. The van der Waals surface area contributed by atoms with Crippen LogP contribution >= 0.6 is 0 Å². The van der Waals surface area contributed by atoms with E-state index in [4.69, 9.17) is 10.8 Å². The first-order valence-electron chi connectivity index (χ1n) is 4.15. The Morgan fingerprint density at radius 3 is 2.82 bits per heavy atom. The molecule has 0 spiro atoms. The molecule has 0 saturated heterocycles. The number of aliphatic carboxylic acids is 1. The standard InChI is InChI=1S/C8H13NO2/c9-4-8-3-1-2-5(8)6(8)7(10)11/h5-6H,1-4,9H2,(H,10,11)/t5-,6+,8+/m0/s1. The van der Waals surface area contributed by atoms with Crippen LogP contribution in [0.2, 0.25) is 0 Å². The lowest BCUT2D eigenvalue weighted by atomic mass is 10.0. The van der Waals surface area contributed by atoms with E-state index >= 15 is 0 Å². The molecule has 2 fully saturated rings. The first-order chi connectivity index (χ1) is 5.22. The van der Waals surface area contributed by atoms with E-state index in [2.05, 4.69) is 0 Å². The van der Waals surface area contributed by atoms with E-state index in [1.807, 2.05) is 0 Å². The Bertz CT molecular complexity index is 204. The molecular weight excluding hydrogens is 142 g/mol. The van der Waals surface area contributed by atoms with Crippen LogP contribution in [0.25, 0.3) is 0 Å². The van der Waals surface area contributed by atoms with E-state index in [1.54, 1.807) is 0 Å². The molecule has 3 heteroatoms. The van der Waals surface area contributed by atoms with E-state index in [0.717, 1.165) is 12.8 Å². The van der Waals surface area contributed by atoms with E-state index in [-0.39, 0.29) is 11.3 Å². The summed E-state index contributed by atoms with van der Waals surface area (Å²) in [6.07, 6.45) is 3.28. The summed E-state index contributed by atoms with van der Waals surface area (Å²) in [6.45, 7) is 0.564. The Balaban J connectivity index is 2.15. The number of hydrogen-bond acceptors (Lipinski definition) is 2. The maximum Gasteiger partial charge on any atom is 0.307 e. The molecule has 0 aliphatic heterocycles. The second kappa shape index (κ2) is 1.97. The van der Waals surface area contributed by atoms with Crippen LogP contribution < -0.4 is 5.73 Å². The van der Waals surface area contributed by atoms with Crippen LogP contribution in [-0.2, 0) is 4.79 Å². The zero-order valence-corrected chi connectivity index (χ0v) is 6.42. The minimum Gasteiger partial charge on any atom is -0.481 e. The summed E-state index contributed by atoms with van der Waals surface area (Å²) in [5.41, 5.74) is 5.59. The molecule has 2 rings (SSSR count). The predicted octanol–water partition coefficient (Wildman–Crippen LogP) is 0.446. The van der Waals surface area contributed by atoms with Crippen LogP contribution in [-0.4, -0.2) is 17.6 Å². The molecular formula is C8H13NO2. The Morgan fingerprint density at radius 1 is 1.73 bits per heavy atom. The van der Waals surface area contributed by atoms with E-state index in [0.29, 0.717) is 12.5 Å². The molecule has 11 heavy (non-hydrogen) atoms. The lowest BCUT2D eigenvalue weighted by Crippen LogP contribution is -2.20. The van der Waals surface area contributed by atoms with Crippen LogP contribution in [0.5, 0.6) is 0 Å². The van der Waals surface area contributed by atoms with Crippen molar-refractivity contribution < 1.29 is 9.90 Å². The van der Waals surface area contributed by atoms with Gasteiger partial charge in [0, 0.05) is 0 Å². The van der Waals surface area contributed by atoms with Gasteiger partial charge in [0.25, 0.3) is 0 Å². The van der Waals surface area contributed by atoms with Crippen molar-refractivity contribution in [3.8, 4) is 0 Å². The van der Waals surface area contributed by atoms with Crippen molar-refractivity contribution in [1.29, 1.82) is 0 Å². The summed E-state index contributed by atoms with van der Waals surface area (Å²) >= 11 is 0. The molecule has 3 nitrogen and oxygen atoms in total. The van der Waals surface area contributed by atoms with Crippen molar-refractivity contribution in [2.75, 3.05) is 6.54 Å². The van der Waals surface area contributed by atoms with Gasteiger partial charge in [0.1, 0.15) is 0 Å². The number of nitrogens with two attached hydrogens (primary N) is 1. The molecule has 0 bridgehead atoms. The first kappa shape index (κ1) is 7.10. The summed E-state index contributed by atoms with van der Waals surface area (Å²) in [5, 5.41) is 8.80. The fraction of sp³-hybridized carbons (Fsp3) is 0.875. The molecule has 0 heterocycles. The highest BCUT2D eigenvalue weighted by molar-refractivity contribution is 5.76. The molecule has 3 atom stereocenters. The largest absolute Gasteiger partial charge is 0.481 e. The molecule has 0 amide bonds. The second-order valence-corrected chi connectivity index (χ2v) is 3.75. The predicted molar refractivity (Wildman–Crippen MR) is 40.0 cm³/mol. The van der Waals surface area contributed by atoms with Crippen LogP contribution in [0.4, 0.5) is 0 Å². The highest BCUT2D eigenvalue weighted by Gasteiger charge is 2.68. The lowest BCUT2D eigenvalue weighted by molar-refractivity contribution is -0.139. The molecule has 0 aromatic carbocycles. The van der Waals surface area contributed by atoms with E-state index in [1.165, 1.54) is 6.42 Å². The van der Waals surface area contributed by atoms with Crippen molar-refractivity contribution in [1.82, 2.24) is 0 Å². The normalized spacial score (nSPS) is 47.0. The number of rotatable bonds is 2. The zero-order chi connectivity index (χ0) is 8.06. The highest BCUT2D eigenvalue weighted by Crippen LogP contribution is 2.67. The number of carboxylic acids is 1. The van der Waals surface area contributed by atoms with Gasteiger partial charge in [0.15, 0.2) is 0 Å². The number of carboxylic acid groups (broad SMARTS) is 1. The minimum absolute atomic E-state index is 0.0197. The number of hydrogen-bond donors (Lipinski definition) is 2. The van der Waals surface area contributed by atoms with Gasteiger partial charge in [-0.25, -0.2) is 0 Å². The van der Waals surface area contributed by atoms with Gasteiger partial charge in [0.05, 0.1) is 5.92 Å². The van der Waals surface area contributed by atoms with Crippen molar-refractivity contribution >= 4 is 5.97 Å². The molecule has 3 N–H and O–H groups in total. The van der Waals surface area contributed by atoms with Crippen LogP contribution in [0.3, 0.4) is 0 Å². The van der Waals surface area contributed by atoms with Crippen LogP contribution in [0, 0.1) is 17.3 Å². The average molecular weight is 155 g/mol. The topological polar surface area (TPSA) is 63.3 Å². The fourth-order valence-electron chi connectivity index (χ4n) is 2.82. The minimum atomic E-state index is -0.639. The Hall–Kier alpha value is -0.570. The zero-order valence-electron chi connectivity index (χ0n) is 6.42. The van der Waals surface area contributed by atoms with Gasteiger partial charge in [-0.3, -0.25) is 4.79 Å². The summed E-state index contributed by atoms with van der Waals surface area (Å²) in [7, 11) is 0. The third-order valence-electron chi connectivity index (χ3n) is 3.45. The van der Waals surface area contributed by atoms with Crippen molar-refractivity contribution in [3.63, 3.8) is 0 Å². The third-order valence-corrected chi connectivity index (χ3v) is 3.45. The Kier molecular flexibility index (Phi) is 1.27. The SMILES string of the molecule is NC[C@]12CCC[C@H]1[C@@H]2C(=O)O. The lowest BCUT2D eigenvalue weighted by Gasteiger charge is -2.08. The molecule has 2 saturated carbocycles. The molecule has 62 valence electrons. The van der Waals surface area contributed by atoms with Crippen LogP contribution in [0.15, 0.2) is 0 Å². The van der Waals surface area contributed by atoms with Gasteiger partial charge in [0.2, 0.25) is 0 Å². The van der Waals surface area contributed by atoms with E-state index in [9.17, 15) is 4.79 Å². The maximum absolute atomic E-state index is 10.7. The number of carbonyl (C=O) groups is 1. The second-order valence-electron chi connectivity index (χ2n) is 3.75. The molecule has 0 aromatic heterocycles. The van der Waals surface area contributed by atoms with Crippen molar-refractivity contribution in [3.05, 3.63) is 0 Å². The maximum atomic E-state index is 10.7. The van der Waals surface area contributed by atoms with E-state index < -0.39 is 5.97 Å². The summed E-state index contributed by atoms with van der Waals surface area (Å²) < 4.78 is 0. The molecule has 2 aliphatic carbocycles. The Morgan fingerprint density at radius 2 is 2.45 bits per heavy atom. The van der Waals surface area contributed by atoms with Gasteiger partial charge in [-0.05, 0) is 30.7 Å².